The number of pyridine rings is 1. The highest BCUT2D eigenvalue weighted by Gasteiger charge is 2.37. The van der Waals surface area contributed by atoms with Crippen LogP contribution in [0.25, 0.3) is 6.08 Å². The summed E-state index contributed by atoms with van der Waals surface area (Å²) < 4.78 is 2.17. The van der Waals surface area contributed by atoms with Gasteiger partial charge in [0.05, 0.1) is 10.9 Å². The number of hydrogen-bond donors (Lipinski definition) is 0. The summed E-state index contributed by atoms with van der Waals surface area (Å²) in [4.78, 5) is 33.9. The lowest BCUT2D eigenvalue weighted by atomic mass is 10.0. The number of amides is 1. The highest BCUT2D eigenvalue weighted by Crippen LogP contribution is 2.39. The quantitative estimate of drug-likeness (QED) is 0.275. The Morgan fingerprint density at radius 1 is 1.02 bits per heavy atom. The van der Waals surface area contributed by atoms with Gasteiger partial charge in [-0.3, -0.25) is 24.0 Å². The third kappa shape index (κ3) is 5.73. The van der Waals surface area contributed by atoms with Crippen LogP contribution in [0.5, 0.6) is 0 Å². The molecule has 0 radical (unpaired) electrons. The molecule has 0 aliphatic carbocycles. The van der Waals surface area contributed by atoms with Crippen molar-refractivity contribution in [1.82, 2.24) is 14.4 Å². The number of anilines is 1. The molecular weight excluding hydrogens is 551 g/mol. The first-order valence-corrected chi connectivity index (χ1v) is 15.1. The fourth-order valence-corrected chi connectivity index (χ4v) is 6.96. The van der Waals surface area contributed by atoms with Crippen molar-refractivity contribution in [3.63, 3.8) is 0 Å². The average Bonchev–Trinajstić information content (AvgIpc) is 3.27. The van der Waals surface area contributed by atoms with E-state index in [1.165, 1.54) is 17.3 Å². The monoisotopic (exact) mass is 583 g/mol. The van der Waals surface area contributed by atoms with Gasteiger partial charge in [-0.05, 0) is 43.5 Å². The van der Waals surface area contributed by atoms with Crippen molar-refractivity contribution in [2.75, 3.05) is 31.1 Å². The van der Waals surface area contributed by atoms with Crippen LogP contribution in [-0.4, -0.2) is 50.8 Å². The van der Waals surface area contributed by atoms with E-state index < -0.39 is 0 Å². The summed E-state index contributed by atoms with van der Waals surface area (Å²) in [6, 6.07) is 22.1. The Morgan fingerprint density at radius 2 is 1.66 bits per heavy atom. The molecular formula is C32H33N5O2S2. The van der Waals surface area contributed by atoms with Gasteiger partial charge in [0, 0.05) is 44.8 Å². The van der Waals surface area contributed by atoms with Crippen molar-refractivity contribution >= 4 is 46.1 Å². The second-order valence-electron chi connectivity index (χ2n) is 10.3. The number of thiocarbonyl (C=S) groups is 1. The first kappa shape index (κ1) is 28.8. The second kappa shape index (κ2) is 12.4. The van der Waals surface area contributed by atoms with Crippen LogP contribution in [0.2, 0.25) is 0 Å². The van der Waals surface area contributed by atoms with Crippen LogP contribution in [0.1, 0.15) is 47.7 Å². The summed E-state index contributed by atoms with van der Waals surface area (Å²) in [5, 5.41) is 9.91. The number of hydrogen-bond acceptors (Lipinski definition) is 7. The fourth-order valence-electron chi connectivity index (χ4n) is 5.56. The van der Waals surface area contributed by atoms with Gasteiger partial charge in [0.1, 0.15) is 21.8 Å². The number of carbonyl (C=O) groups is 1. The molecule has 7 nitrogen and oxygen atoms in total. The topological polar surface area (TPSA) is 72.6 Å². The predicted octanol–water partition coefficient (Wildman–Crippen LogP) is 5.33. The van der Waals surface area contributed by atoms with E-state index in [2.05, 4.69) is 40.1 Å². The van der Waals surface area contributed by atoms with Crippen LogP contribution in [-0.2, 0) is 17.9 Å². The molecule has 2 aliphatic rings. The molecule has 1 aromatic heterocycles. The van der Waals surface area contributed by atoms with Gasteiger partial charge in [-0.25, -0.2) is 0 Å². The van der Waals surface area contributed by atoms with Gasteiger partial charge in [0.25, 0.3) is 11.5 Å². The molecule has 0 bridgehead atoms. The Hall–Kier alpha value is -3.71. The summed E-state index contributed by atoms with van der Waals surface area (Å²) in [6.07, 6.45) is 1.84. The minimum absolute atomic E-state index is 0.109. The molecule has 41 heavy (non-hydrogen) atoms. The Bertz CT molecular complexity index is 1590. The molecule has 1 atom stereocenters. The van der Waals surface area contributed by atoms with E-state index in [-0.39, 0.29) is 23.1 Å². The molecule has 3 aromatic rings. The van der Waals surface area contributed by atoms with Gasteiger partial charge < -0.3 is 4.90 Å². The summed E-state index contributed by atoms with van der Waals surface area (Å²) >= 11 is 6.93. The number of rotatable bonds is 7. The largest absolute Gasteiger partial charge is 0.355 e. The lowest BCUT2D eigenvalue weighted by Crippen LogP contribution is -2.48. The van der Waals surface area contributed by atoms with Crippen LogP contribution in [0, 0.1) is 18.3 Å². The van der Waals surface area contributed by atoms with Gasteiger partial charge in [0.15, 0.2) is 0 Å². The Balaban J connectivity index is 1.50. The average molecular weight is 584 g/mol. The summed E-state index contributed by atoms with van der Waals surface area (Å²) in [5.41, 5.74) is 3.40. The number of nitriles is 1. The van der Waals surface area contributed by atoms with Crippen LogP contribution in [0.3, 0.4) is 0 Å². The zero-order chi connectivity index (χ0) is 29.1. The number of aromatic nitrogens is 1. The van der Waals surface area contributed by atoms with E-state index in [0.717, 1.165) is 49.7 Å². The number of benzene rings is 2. The van der Waals surface area contributed by atoms with Crippen LogP contribution in [0.15, 0.2) is 70.4 Å². The fraction of sp³-hybridized carbons (Fsp3) is 0.312. The van der Waals surface area contributed by atoms with Crippen LogP contribution in [0.4, 0.5) is 5.82 Å². The number of nitrogens with zero attached hydrogens (tertiary/aromatic N) is 5. The van der Waals surface area contributed by atoms with E-state index in [0.29, 0.717) is 21.3 Å². The third-order valence-electron chi connectivity index (χ3n) is 7.85. The summed E-state index contributed by atoms with van der Waals surface area (Å²) in [5.74, 6) is 0.594. The van der Waals surface area contributed by atoms with Crippen molar-refractivity contribution in [2.45, 2.75) is 39.9 Å². The lowest BCUT2D eigenvalue weighted by molar-refractivity contribution is -0.123. The maximum absolute atomic E-state index is 13.7. The van der Waals surface area contributed by atoms with E-state index in [1.807, 2.05) is 56.3 Å². The normalized spacial score (nSPS) is 17.8. The molecule has 9 heteroatoms. The van der Waals surface area contributed by atoms with Crippen molar-refractivity contribution in [1.29, 1.82) is 5.26 Å². The number of thioether (sulfide) groups is 1. The molecule has 5 rings (SSSR count). The van der Waals surface area contributed by atoms with Crippen molar-refractivity contribution in [2.24, 2.45) is 0 Å². The second-order valence-corrected chi connectivity index (χ2v) is 12.0. The predicted molar refractivity (Wildman–Crippen MR) is 170 cm³/mol. The third-order valence-corrected chi connectivity index (χ3v) is 9.18. The molecule has 1 unspecified atom stereocenters. The molecule has 2 aliphatic heterocycles. The minimum atomic E-state index is -0.295. The summed E-state index contributed by atoms with van der Waals surface area (Å²) in [7, 11) is 0. The lowest BCUT2D eigenvalue weighted by Gasteiger charge is -2.38. The first-order valence-electron chi connectivity index (χ1n) is 13.8. The highest BCUT2D eigenvalue weighted by molar-refractivity contribution is 8.26. The smallest absolute Gasteiger partial charge is 0.270 e. The SMILES string of the molecule is CCn1c(N2CCN(Cc3ccccc3)CC2)c(/C=C2/SC(=S)N(C(C)c3ccccc3)C2=O)c(C)c(C#N)c1=O. The zero-order valence-corrected chi connectivity index (χ0v) is 25.2. The van der Waals surface area contributed by atoms with Gasteiger partial charge in [-0.1, -0.05) is 84.6 Å². The molecule has 1 amide bonds. The van der Waals surface area contributed by atoms with Gasteiger partial charge in [-0.15, -0.1) is 0 Å². The molecule has 3 heterocycles. The van der Waals surface area contributed by atoms with Crippen LogP contribution < -0.4 is 10.5 Å². The van der Waals surface area contributed by atoms with Crippen molar-refractivity contribution in [3.8, 4) is 6.07 Å². The van der Waals surface area contributed by atoms with Crippen molar-refractivity contribution in [3.05, 3.63) is 104 Å². The van der Waals surface area contributed by atoms with Crippen LogP contribution >= 0.6 is 24.0 Å². The molecule has 2 saturated heterocycles. The van der Waals surface area contributed by atoms with Gasteiger partial charge in [-0.2, -0.15) is 5.26 Å². The molecule has 0 saturated carbocycles. The zero-order valence-electron chi connectivity index (χ0n) is 23.5. The Morgan fingerprint density at radius 3 is 2.27 bits per heavy atom. The number of carbonyl (C=O) groups excluding carboxylic acids is 1. The maximum atomic E-state index is 13.7. The highest BCUT2D eigenvalue weighted by atomic mass is 32.2. The Kier molecular flexibility index (Phi) is 8.74. The van der Waals surface area contributed by atoms with Gasteiger partial charge >= 0.3 is 0 Å². The van der Waals surface area contributed by atoms with E-state index in [1.54, 1.807) is 16.4 Å². The molecule has 0 N–H and O–H groups in total. The van der Waals surface area contributed by atoms with Crippen molar-refractivity contribution < 1.29 is 4.79 Å². The molecule has 210 valence electrons. The molecule has 2 aromatic carbocycles. The summed E-state index contributed by atoms with van der Waals surface area (Å²) in [6.45, 7) is 10.1. The first-order chi connectivity index (χ1) is 19.8. The standard InChI is InChI=1S/C32H33N5O2S2/c1-4-36-29(35-17-15-34(16-18-35)21-24-11-7-5-8-12-24)26(22(2)27(20-33)30(36)38)19-28-31(39)37(32(40)41-28)23(3)25-13-9-6-10-14-25/h5-14,19,23H,4,15-18,21H2,1-3H3/b28-19+. The van der Waals surface area contributed by atoms with Gasteiger partial charge in [0.2, 0.25) is 0 Å². The molecule has 0 spiro atoms. The van der Waals surface area contributed by atoms with E-state index in [4.69, 9.17) is 12.2 Å². The van der Waals surface area contributed by atoms with E-state index >= 15 is 0 Å². The van der Waals surface area contributed by atoms with E-state index in [9.17, 15) is 14.9 Å². The maximum Gasteiger partial charge on any atom is 0.270 e. The minimum Gasteiger partial charge on any atom is -0.355 e. The number of piperazine rings is 1. The molecule has 2 fully saturated rings. The Labute approximate surface area is 250 Å².